The summed E-state index contributed by atoms with van der Waals surface area (Å²) < 4.78 is 19.1. The minimum atomic E-state index is -0.429. The summed E-state index contributed by atoms with van der Waals surface area (Å²) in [6, 6.07) is 15.4. The second-order valence-electron chi connectivity index (χ2n) is 6.79. The van der Waals surface area contributed by atoms with Crippen LogP contribution in [0.1, 0.15) is 15.9 Å². The molecular formula is C24H19FN4O2. The fourth-order valence-corrected chi connectivity index (χ4v) is 3.09. The number of rotatable bonds is 5. The molecule has 0 aliphatic heterocycles. The van der Waals surface area contributed by atoms with E-state index in [4.69, 9.17) is 4.74 Å². The van der Waals surface area contributed by atoms with E-state index < -0.39 is 11.7 Å². The monoisotopic (exact) mass is 414 g/mol. The first-order valence-electron chi connectivity index (χ1n) is 9.55. The number of carbonyl (C=O) groups excluding carboxylic acids is 1. The van der Waals surface area contributed by atoms with Crippen LogP contribution in [-0.4, -0.2) is 28.0 Å². The molecule has 0 aliphatic rings. The molecule has 4 aromatic rings. The van der Waals surface area contributed by atoms with Crippen molar-refractivity contribution >= 4 is 11.6 Å². The molecule has 31 heavy (non-hydrogen) atoms. The van der Waals surface area contributed by atoms with Crippen LogP contribution >= 0.6 is 0 Å². The van der Waals surface area contributed by atoms with Crippen LogP contribution in [0.5, 0.6) is 5.75 Å². The van der Waals surface area contributed by atoms with Crippen molar-refractivity contribution in [1.82, 2.24) is 15.0 Å². The van der Waals surface area contributed by atoms with Crippen molar-refractivity contribution in [3.05, 3.63) is 90.1 Å². The zero-order valence-corrected chi connectivity index (χ0v) is 17.0. The van der Waals surface area contributed by atoms with Gasteiger partial charge in [-0.2, -0.15) is 0 Å². The van der Waals surface area contributed by atoms with Crippen molar-refractivity contribution in [3.63, 3.8) is 0 Å². The van der Waals surface area contributed by atoms with Crippen molar-refractivity contribution in [2.24, 2.45) is 0 Å². The van der Waals surface area contributed by atoms with Gasteiger partial charge in [0, 0.05) is 41.0 Å². The molecule has 2 heterocycles. The molecule has 4 rings (SSSR count). The molecule has 0 saturated heterocycles. The lowest BCUT2D eigenvalue weighted by Crippen LogP contribution is -2.16. The zero-order chi connectivity index (χ0) is 21.8. The normalized spacial score (nSPS) is 10.5. The Kier molecular flexibility index (Phi) is 5.66. The first-order valence-corrected chi connectivity index (χ1v) is 9.55. The Morgan fingerprint density at radius 3 is 2.45 bits per heavy atom. The first-order chi connectivity index (χ1) is 15.1. The molecule has 0 fully saturated rings. The van der Waals surface area contributed by atoms with Gasteiger partial charge in [0.15, 0.2) is 5.82 Å². The molecule has 1 N–H and O–H groups in total. The third kappa shape index (κ3) is 4.25. The second kappa shape index (κ2) is 8.71. The number of methoxy groups -OCH3 is 1. The van der Waals surface area contributed by atoms with Crippen molar-refractivity contribution in [3.8, 4) is 28.4 Å². The maximum Gasteiger partial charge on any atom is 0.259 e. The number of halogens is 1. The molecule has 6 nitrogen and oxygen atoms in total. The van der Waals surface area contributed by atoms with Crippen LogP contribution in [0.2, 0.25) is 0 Å². The predicted molar refractivity (Wildman–Crippen MR) is 116 cm³/mol. The Morgan fingerprint density at radius 2 is 1.74 bits per heavy atom. The summed E-state index contributed by atoms with van der Waals surface area (Å²) in [5.74, 6) is 0.368. The van der Waals surface area contributed by atoms with Crippen molar-refractivity contribution < 1.29 is 13.9 Å². The summed E-state index contributed by atoms with van der Waals surface area (Å²) in [6.45, 7) is 1.61. The lowest BCUT2D eigenvalue weighted by atomic mass is 10.1. The second-order valence-corrected chi connectivity index (χ2v) is 6.79. The fraction of sp³-hybridized carbons (Fsp3) is 0.0833. The van der Waals surface area contributed by atoms with E-state index in [-0.39, 0.29) is 5.56 Å². The number of anilines is 1. The Hall–Kier alpha value is -4.13. The molecule has 1 amide bonds. The van der Waals surface area contributed by atoms with Crippen molar-refractivity contribution in [2.45, 2.75) is 6.92 Å². The highest BCUT2D eigenvalue weighted by atomic mass is 19.1. The molecule has 154 valence electrons. The van der Waals surface area contributed by atoms with Gasteiger partial charge < -0.3 is 10.1 Å². The number of pyridine rings is 1. The average molecular weight is 414 g/mol. The lowest BCUT2D eigenvalue weighted by Gasteiger charge is -2.13. The van der Waals surface area contributed by atoms with Crippen LogP contribution in [0.15, 0.2) is 73.2 Å². The molecule has 0 atom stereocenters. The number of aromatic nitrogens is 3. The quantitative estimate of drug-likeness (QED) is 0.502. The van der Waals surface area contributed by atoms with Gasteiger partial charge in [0.1, 0.15) is 11.6 Å². The van der Waals surface area contributed by atoms with Gasteiger partial charge in [-0.25, -0.2) is 14.4 Å². The standard InChI is InChI=1S/C24H19FN4O2/c1-15-20(25)4-3-5-21(15)28-24(30)19-14-27-23(17-6-8-18(31-2)9-7-17)29-22(19)16-10-12-26-13-11-16/h3-14H,1-2H3,(H,28,30). The van der Waals surface area contributed by atoms with Gasteiger partial charge in [-0.3, -0.25) is 9.78 Å². The van der Waals surface area contributed by atoms with E-state index in [0.29, 0.717) is 28.3 Å². The topological polar surface area (TPSA) is 77.0 Å². The van der Waals surface area contributed by atoms with Crippen LogP contribution < -0.4 is 10.1 Å². The Morgan fingerprint density at radius 1 is 1.00 bits per heavy atom. The summed E-state index contributed by atoms with van der Waals surface area (Å²) in [4.78, 5) is 26.1. The number of hydrogen-bond donors (Lipinski definition) is 1. The van der Waals surface area contributed by atoms with E-state index in [9.17, 15) is 9.18 Å². The minimum absolute atomic E-state index is 0.270. The summed E-state index contributed by atoms with van der Waals surface area (Å²) >= 11 is 0. The van der Waals surface area contributed by atoms with Gasteiger partial charge in [-0.05, 0) is 55.5 Å². The van der Waals surface area contributed by atoms with Gasteiger partial charge in [-0.1, -0.05) is 6.07 Å². The highest BCUT2D eigenvalue weighted by molar-refractivity contribution is 6.08. The molecule has 0 radical (unpaired) electrons. The van der Waals surface area contributed by atoms with E-state index in [1.54, 1.807) is 50.7 Å². The number of hydrogen-bond acceptors (Lipinski definition) is 5. The molecule has 0 bridgehead atoms. The molecular weight excluding hydrogens is 395 g/mol. The van der Waals surface area contributed by atoms with E-state index in [2.05, 4.69) is 20.3 Å². The first kappa shape index (κ1) is 20.2. The van der Waals surface area contributed by atoms with Crippen LogP contribution in [0.3, 0.4) is 0 Å². The van der Waals surface area contributed by atoms with Gasteiger partial charge in [0.2, 0.25) is 0 Å². The fourth-order valence-electron chi connectivity index (χ4n) is 3.09. The van der Waals surface area contributed by atoms with Crippen molar-refractivity contribution in [1.29, 1.82) is 0 Å². The van der Waals surface area contributed by atoms with Gasteiger partial charge >= 0.3 is 0 Å². The third-order valence-corrected chi connectivity index (χ3v) is 4.85. The molecule has 0 unspecified atom stereocenters. The Bertz CT molecular complexity index is 1230. The van der Waals surface area contributed by atoms with Crippen molar-refractivity contribution in [2.75, 3.05) is 12.4 Å². The summed E-state index contributed by atoms with van der Waals surface area (Å²) in [6.07, 6.45) is 4.73. The molecule has 0 spiro atoms. The van der Waals surface area contributed by atoms with Gasteiger partial charge in [0.05, 0.1) is 18.4 Å². The lowest BCUT2D eigenvalue weighted by molar-refractivity contribution is 0.102. The number of nitrogens with one attached hydrogen (secondary N) is 1. The summed E-state index contributed by atoms with van der Waals surface area (Å²) in [5, 5.41) is 2.76. The predicted octanol–water partition coefficient (Wildman–Crippen LogP) is 4.91. The van der Waals surface area contributed by atoms with Gasteiger partial charge in [-0.15, -0.1) is 0 Å². The number of amides is 1. The molecule has 2 aromatic heterocycles. The van der Waals surface area contributed by atoms with Gasteiger partial charge in [0.25, 0.3) is 5.91 Å². The molecule has 0 aliphatic carbocycles. The number of carbonyl (C=O) groups is 1. The van der Waals surface area contributed by atoms with E-state index >= 15 is 0 Å². The maximum atomic E-state index is 13.9. The molecule has 0 saturated carbocycles. The SMILES string of the molecule is COc1ccc(-c2ncc(C(=O)Nc3cccc(F)c3C)c(-c3ccncc3)n2)cc1. The number of ether oxygens (including phenoxy) is 1. The zero-order valence-electron chi connectivity index (χ0n) is 17.0. The molecule has 7 heteroatoms. The van der Waals surface area contributed by atoms with E-state index in [0.717, 1.165) is 11.3 Å². The van der Waals surface area contributed by atoms with Crippen LogP contribution in [0.25, 0.3) is 22.6 Å². The average Bonchev–Trinajstić information content (AvgIpc) is 2.82. The van der Waals surface area contributed by atoms with E-state index in [1.807, 2.05) is 24.3 Å². The van der Waals surface area contributed by atoms with Crippen LogP contribution in [-0.2, 0) is 0 Å². The highest BCUT2D eigenvalue weighted by Gasteiger charge is 2.18. The Labute approximate surface area is 178 Å². The van der Waals surface area contributed by atoms with Crippen LogP contribution in [0.4, 0.5) is 10.1 Å². The smallest absolute Gasteiger partial charge is 0.259 e. The molecule has 2 aromatic carbocycles. The number of benzene rings is 2. The maximum absolute atomic E-state index is 13.9. The van der Waals surface area contributed by atoms with Crippen LogP contribution in [0, 0.1) is 12.7 Å². The Balaban J connectivity index is 1.76. The third-order valence-electron chi connectivity index (χ3n) is 4.85. The minimum Gasteiger partial charge on any atom is -0.497 e. The van der Waals surface area contributed by atoms with E-state index in [1.165, 1.54) is 12.3 Å². The number of nitrogens with zero attached hydrogens (tertiary/aromatic N) is 3. The highest BCUT2D eigenvalue weighted by Crippen LogP contribution is 2.27. The largest absolute Gasteiger partial charge is 0.497 e. The summed E-state index contributed by atoms with van der Waals surface area (Å²) in [7, 11) is 1.60. The summed E-state index contributed by atoms with van der Waals surface area (Å²) in [5.41, 5.74) is 2.97.